The third-order valence-corrected chi connectivity index (χ3v) is 13.7. The highest BCUT2D eigenvalue weighted by Crippen LogP contribution is 2.40. The monoisotopic (exact) mass is 820 g/mol. The summed E-state index contributed by atoms with van der Waals surface area (Å²) in [6, 6.07) is 78.5. The summed E-state index contributed by atoms with van der Waals surface area (Å²) in [5.74, 6) is 0.642. The van der Waals surface area contributed by atoms with E-state index in [0.29, 0.717) is 5.95 Å². The Labute approximate surface area is 367 Å². The average molecular weight is 821 g/mol. The molecule has 5 heteroatoms. The van der Waals surface area contributed by atoms with Crippen molar-refractivity contribution in [3.05, 3.63) is 218 Å². The van der Waals surface area contributed by atoms with E-state index in [9.17, 15) is 0 Å². The molecular weight excluding hydrogens is 785 g/mol. The molecule has 9 aromatic carbocycles. The zero-order valence-electron chi connectivity index (χ0n) is 34.0. The van der Waals surface area contributed by atoms with Crippen LogP contribution in [0.15, 0.2) is 218 Å². The second-order valence-corrected chi connectivity index (χ2v) is 17.3. The summed E-state index contributed by atoms with van der Waals surface area (Å²) >= 11 is 1.86. The largest absolute Gasteiger partial charge is 0.309 e. The van der Waals surface area contributed by atoms with E-state index in [0.717, 1.165) is 55.7 Å². The van der Waals surface area contributed by atoms with E-state index in [2.05, 4.69) is 215 Å². The van der Waals surface area contributed by atoms with E-state index in [-0.39, 0.29) is 0 Å². The fourth-order valence-corrected chi connectivity index (χ4v) is 10.6. The molecule has 0 aliphatic carbocycles. The van der Waals surface area contributed by atoms with E-state index in [1.54, 1.807) is 0 Å². The summed E-state index contributed by atoms with van der Waals surface area (Å²) in [5, 5.41) is 7.41. The molecule has 0 aliphatic rings. The van der Waals surface area contributed by atoms with Crippen LogP contribution in [-0.2, 0) is 0 Å². The van der Waals surface area contributed by atoms with Crippen molar-refractivity contribution < 1.29 is 0 Å². The normalized spacial score (nSPS) is 11.8. The maximum absolute atomic E-state index is 5.27. The summed E-state index contributed by atoms with van der Waals surface area (Å²) in [5.41, 5.74) is 14.2. The molecule has 0 unspecified atom stereocenters. The molecule has 0 amide bonds. The maximum atomic E-state index is 5.27. The predicted molar refractivity (Wildman–Crippen MR) is 265 cm³/mol. The third-order valence-electron chi connectivity index (χ3n) is 12.6. The van der Waals surface area contributed by atoms with E-state index in [1.165, 1.54) is 58.5 Å². The van der Waals surface area contributed by atoms with Crippen molar-refractivity contribution in [1.29, 1.82) is 0 Å². The van der Waals surface area contributed by atoms with Gasteiger partial charge in [-0.25, -0.2) is 9.97 Å². The van der Waals surface area contributed by atoms with Gasteiger partial charge >= 0.3 is 0 Å². The highest BCUT2D eigenvalue weighted by atomic mass is 32.1. The second-order valence-electron chi connectivity index (χ2n) is 16.2. The van der Waals surface area contributed by atoms with Crippen LogP contribution in [0.25, 0.3) is 120 Å². The summed E-state index contributed by atoms with van der Waals surface area (Å²) in [6.45, 7) is 0. The Bertz CT molecular complexity index is 3840. The third kappa shape index (κ3) is 5.82. The minimum Gasteiger partial charge on any atom is -0.309 e. The minimum absolute atomic E-state index is 0.642. The molecule has 0 fully saturated rings. The molecule has 63 heavy (non-hydrogen) atoms. The van der Waals surface area contributed by atoms with Gasteiger partial charge in [0.1, 0.15) is 0 Å². The first-order valence-corrected chi connectivity index (χ1v) is 22.1. The zero-order valence-corrected chi connectivity index (χ0v) is 34.8. The van der Waals surface area contributed by atoms with Crippen LogP contribution in [-0.4, -0.2) is 19.1 Å². The van der Waals surface area contributed by atoms with Crippen LogP contribution >= 0.6 is 11.3 Å². The lowest BCUT2D eigenvalue weighted by Crippen LogP contribution is -2.04. The molecule has 0 saturated carbocycles. The Morgan fingerprint density at radius 3 is 1.51 bits per heavy atom. The molecule has 0 saturated heterocycles. The minimum atomic E-state index is 0.642. The van der Waals surface area contributed by atoms with Crippen molar-refractivity contribution in [2.75, 3.05) is 0 Å². The summed E-state index contributed by atoms with van der Waals surface area (Å²) in [7, 11) is 0. The molecule has 13 rings (SSSR count). The first-order valence-electron chi connectivity index (χ1n) is 21.3. The van der Waals surface area contributed by atoms with Crippen molar-refractivity contribution in [1.82, 2.24) is 19.1 Å². The van der Waals surface area contributed by atoms with Crippen molar-refractivity contribution >= 4 is 75.1 Å². The predicted octanol–water partition coefficient (Wildman–Crippen LogP) is 15.7. The quantitative estimate of drug-likeness (QED) is 0.167. The molecule has 4 heterocycles. The Balaban J connectivity index is 0.936. The first-order chi connectivity index (χ1) is 31.2. The van der Waals surface area contributed by atoms with Crippen molar-refractivity contribution in [3.8, 4) is 56.4 Å². The number of nitrogens with zero attached hydrogens (tertiary/aromatic N) is 4. The smallest absolute Gasteiger partial charge is 0.235 e. The number of benzene rings is 9. The molecule has 0 atom stereocenters. The van der Waals surface area contributed by atoms with Gasteiger partial charge in [0.05, 0.1) is 33.5 Å². The van der Waals surface area contributed by atoms with Gasteiger partial charge in [-0.05, 0) is 89.0 Å². The van der Waals surface area contributed by atoms with Crippen LogP contribution in [0.1, 0.15) is 0 Å². The maximum Gasteiger partial charge on any atom is 0.235 e. The summed E-state index contributed by atoms with van der Waals surface area (Å²) in [6.07, 6.45) is 0. The van der Waals surface area contributed by atoms with E-state index >= 15 is 0 Å². The number of para-hydroxylation sites is 2. The van der Waals surface area contributed by atoms with Gasteiger partial charge in [-0.1, -0.05) is 152 Å². The molecule has 0 bridgehead atoms. The van der Waals surface area contributed by atoms with Crippen LogP contribution in [0.2, 0.25) is 0 Å². The van der Waals surface area contributed by atoms with E-state index in [4.69, 9.17) is 9.97 Å². The lowest BCUT2D eigenvalue weighted by atomic mass is 10.0. The van der Waals surface area contributed by atoms with Gasteiger partial charge in [0.2, 0.25) is 5.95 Å². The molecule has 0 radical (unpaired) electrons. The van der Waals surface area contributed by atoms with E-state index < -0.39 is 0 Å². The van der Waals surface area contributed by atoms with E-state index in [1.807, 2.05) is 23.5 Å². The van der Waals surface area contributed by atoms with Crippen LogP contribution in [0.3, 0.4) is 0 Å². The standard InChI is InChI=1S/C58H36N4S/c1-3-13-38(14-4-1)50-36-51(39-15-5-2-6-16-39)60-58(59-50)62-53-21-11-7-17-44(53)46-30-25-42(35-55(46)62)41-26-31-54-48(33-41)45-18-8-10-20-52(45)61(54)43-28-23-37(24-29-43)40-27-32-57-49(34-40)47-19-9-12-22-56(47)63-57/h1-36H. The van der Waals surface area contributed by atoms with Gasteiger partial charge in [-0.15, -0.1) is 11.3 Å². The molecular formula is C58H36N4S. The van der Waals surface area contributed by atoms with Crippen molar-refractivity contribution in [2.45, 2.75) is 0 Å². The first kappa shape index (κ1) is 35.6. The average Bonchev–Trinajstić information content (AvgIpc) is 4.01. The van der Waals surface area contributed by atoms with Crippen molar-refractivity contribution in [3.63, 3.8) is 0 Å². The summed E-state index contributed by atoms with van der Waals surface area (Å²) in [4.78, 5) is 10.5. The van der Waals surface area contributed by atoms with Gasteiger partial charge in [0, 0.05) is 58.5 Å². The molecule has 0 N–H and O–H groups in total. The Hall–Kier alpha value is -8.12. The number of fused-ring (bicyclic) bond motifs is 9. The Kier molecular flexibility index (Phi) is 8.05. The van der Waals surface area contributed by atoms with Gasteiger partial charge in [0.15, 0.2) is 0 Å². The van der Waals surface area contributed by atoms with Crippen LogP contribution < -0.4 is 0 Å². The summed E-state index contributed by atoms with van der Waals surface area (Å²) < 4.78 is 7.29. The molecule has 13 aromatic rings. The lowest BCUT2D eigenvalue weighted by molar-refractivity contribution is 0.996. The molecule has 0 aliphatic heterocycles. The van der Waals surface area contributed by atoms with Gasteiger partial charge in [-0.2, -0.15) is 0 Å². The molecule has 4 nitrogen and oxygen atoms in total. The highest BCUT2D eigenvalue weighted by molar-refractivity contribution is 7.25. The topological polar surface area (TPSA) is 35.6 Å². The Morgan fingerprint density at radius 1 is 0.286 bits per heavy atom. The fourth-order valence-electron chi connectivity index (χ4n) is 9.55. The van der Waals surface area contributed by atoms with Crippen LogP contribution in [0.5, 0.6) is 0 Å². The number of aromatic nitrogens is 4. The van der Waals surface area contributed by atoms with Gasteiger partial charge in [-0.3, -0.25) is 4.57 Å². The number of hydrogen-bond donors (Lipinski definition) is 0. The molecule has 294 valence electrons. The number of hydrogen-bond acceptors (Lipinski definition) is 3. The SMILES string of the molecule is c1ccc(-c2cc(-c3ccccc3)nc(-n3c4ccccc4c4ccc(-c5ccc6c(c5)c5ccccc5n6-c5ccc(-c6ccc7sc8ccccc8c7c6)cc5)cc43)n2)cc1. The van der Waals surface area contributed by atoms with Crippen LogP contribution in [0.4, 0.5) is 0 Å². The molecule has 0 spiro atoms. The van der Waals surface area contributed by atoms with Crippen LogP contribution in [0, 0.1) is 0 Å². The lowest BCUT2D eigenvalue weighted by Gasteiger charge is -2.12. The Morgan fingerprint density at radius 2 is 0.778 bits per heavy atom. The fraction of sp³-hybridized carbons (Fsp3) is 0. The zero-order chi connectivity index (χ0) is 41.4. The molecule has 4 aromatic heterocycles. The van der Waals surface area contributed by atoms with Gasteiger partial charge < -0.3 is 4.57 Å². The number of rotatable bonds is 6. The second kappa shape index (κ2) is 14.2. The van der Waals surface area contributed by atoms with Gasteiger partial charge in [0.25, 0.3) is 0 Å². The number of thiophene rings is 1. The van der Waals surface area contributed by atoms with Crippen molar-refractivity contribution in [2.24, 2.45) is 0 Å². The highest BCUT2D eigenvalue weighted by Gasteiger charge is 2.19.